The van der Waals surface area contributed by atoms with E-state index in [9.17, 15) is 0 Å². The fraction of sp³-hybridized carbons (Fsp3) is 0.478. The second-order valence-corrected chi connectivity index (χ2v) is 8.43. The molecule has 2 aromatic heterocycles. The highest BCUT2D eigenvalue weighted by Crippen LogP contribution is 2.28. The van der Waals surface area contributed by atoms with Crippen LogP contribution in [-0.2, 0) is 20.2 Å². The van der Waals surface area contributed by atoms with Gasteiger partial charge in [0.05, 0.1) is 17.6 Å². The van der Waals surface area contributed by atoms with Gasteiger partial charge in [0.1, 0.15) is 12.4 Å². The summed E-state index contributed by atoms with van der Waals surface area (Å²) in [4.78, 5) is 2.50. The number of aromatic nitrogens is 4. The number of nitrogens with zero attached hydrogens (tertiary/aromatic N) is 4. The molecule has 0 bridgehead atoms. The molecule has 154 valence electrons. The summed E-state index contributed by atoms with van der Waals surface area (Å²) in [7, 11) is 2.00. The van der Waals surface area contributed by atoms with Crippen molar-refractivity contribution in [1.82, 2.24) is 24.9 Å². The number of rotatable bonds is 7. The first-order chi connectivity index (χ1) is 14.0. The lowest BCUT2D eigenvalue weighted by Crippen LogP contribution is -2.20. The van der Waals surface area contributed by atoms with Crippen LogP contribution < -0.4 is 4.74 Å². The van der Waals surface area contributed by atoms with E-state index >= 15 is 0 Å². The molecule has 0 amide bonds. The highest BCUT2D eigenvalue weighted by molar-refractivity contribution is 5.29. The van der Waals surface area contributed by atoms with Gasteiger partial charge in [-0.3, -0.25) is 14.7 Å². The Kier molecular flexibility index (Phi) is 5.72. The Hall–Kier alpha value is -2.60. The van der Waals surface area contributed by atoms with Crippen molar-refractivity contribution >= 4 is 0 Å². The highest BCUT2D eigenvalue weighted by Gasteiger charge is 2.26. The second-order valence-electron chi connectivity index (χ2n) is 8.43. The van der Waals surface area contributed by atoms with E-state index in [4.69, 9.17) is 4.74 Å². The molecule has 0 radical (unpaired) electrons. The average Bonchev–Trinajstić information content (AvgIpc) is 3.44. The summed E-state index contributed by atoms with van der Waals surface area (Å²) in [6.45, 7) is 10.1. The van der Waals surface area contributed by atoms with Gasteiger partial charge in [-0.2, -0.15) is 10.2 Å². The van der Waals surface area contributed by atoms with Crippen molar-refractivity contribution in [2.24, 2.45) is 7.05 Å². The van der Waals surface area contributed by atoms with Gasteiger partial charge < -0.3 is 4.74 Å². The largest absolute Gasteiger partial charge is 0.487 e. The van der Waals surface area contributed by atoms with E-state index < -0.39 is 0 Å². The number of H-pyrrole nitrogens is 1. The van der Waals surface area contributed by atoms with E-state index in [1.807, 2.05) is 30.1 Å². The van der Waals surface area contributed by atoms with E-state index in [0.29, 0.717) is 18.4 Å². The number of benzene rings is 1. The Morgan fingerprint density at radius 1 is 1.24 bits per heavy atom. The monoisotopic (exact) mass is 393 g/mol. The van der Waals surface area contributed by atoms with Crippen molar-refractivity contribution in [2.75, 3.05) is 13.1 Å². The van der Waals surface area contributed by atoms with Crippen LogP contribution in [0.25, 0.3) is 0 Å². The van der Waals surface area contributed by atoms with Gasteiger partial charge in [-0.25, -0.2) is 0 Å². The number of ether oxygens (including phenoxy) is 1. The lowest BCUT2D eigenvalue weighted by Gasteiger charge is -2.15. The molecule has 0 unspecified atom stereocenters. The molecule has 6 heteroatoms. The van der Waals surface area contributed by atoms with Crippen LogP contribution in [0.5, 0.6) is 5.75 Å². The smallest absolute Gasteiger partial charge is 0.130 e. The van der Waals surface area contributed by atoms with Crippen LogP contribution in [0.15, 0.2) is 36.5 Å². The fourth-order valence-electron chi connectivity index (χ4n) is 3.93. The van der Waals surface area contributed by atoms with Gasteiger partial charge in [0.25, 0.3) is 0 Å². The molecule has 1 saturated heterocycles. The van der Waals surface area contributed by atoms with Crippen molar-refractivity contribution < 1.29 is 4.74 Å². The van der Waals surface area contributed by atoms with Gasteiger partial charge in [-0.1, -0.05) is 26.0 Å². The SMILES string of the molecule is Cc1c(CN2CC[C@H](c3cc(COc4ccc(C(C)C)cc4)[nH]n3)C2)cnn1C. The lowest BCUT2D eigenvalue weighted by atomic mass is 10.0. The molecular formula is C23H31N5O. The molecule has 0 aliphatic carbocycles. The molecule has 0 spiro atoms. The van der Waals surface area contributed by atoms with Gasteiger partial charge in [0.15, 0.2) is 0 Å². The summed E-state index contributed by atoms with van der Waals surface area (Å²) in [5.74, 6) is 1.90. The quantitative estimate of drug-likeness (QED) is 0.655. The van der Waals surface area contributed by atoms with E-state index in [0.717, 1.165) is 43.2 Å². The normalized spacial score (nSPS) is 17.3. The van der Waals surface area contributed by atoms with E-state index in [1.54, 1.807) is 0 Å². The maximum absolute atomic E-state index is 5.93. The number of aryl methyl sites for hydroxylation is 1. The molecule has 1 N–H and O–H groups in total. The highest BCUT2D eigenvalue weighted by atomic mass is 16.5. The summed E-state index contributed by atoms with van der Waals surface area (Å²) in [6.07, 6.45) is 3.13. The predicted molar refractivity (Wildman–Crippen MR) is 114 cm³/mol. The maximum Gasteiger partial charge on any atom is 0.130 e. The summed E-state index contributed by atoms with van der Waals surface area (Å²) >= 11 is 0. The lowest BCUT2D eigenvalue weighted by molar-refractivity contribution is 0.301. The van der Waals surface area contributed by atoms with Gasteiger partial charge in [0.2, 0.25) is 0 Å². The van der Waals surface area contributed by atoms with Gasteiger partial charge in [0, 0.05) is 37.3 Å². The zero-order valence-corrected chi connectivity index (χ0v) is 17.9. The molecule has 3 heterocycles. The van der Waals surface area contributed by atoms with Crippen molar-refractivity contribution in [3.63, 3.8) is 0 Å². The van der Waals surface area contributed by atoms with Gasteiger partial charge >= 0.3 is 0 Å². The Bertz CT molecular complexity index is 941. The van der Waals surface area contributed by atoms with Crippen LogP contribution >= 0.6 is 0 Å². The molecule has 1 fully saturated rings. The summed E-state index contributed by atoms with van der Waals surface area (Å²) in [6, 6.07) is 10.5. The predicted octanol–water partition coefficient (Wildman–Crippen LogP) is 4.14. The van der Waals surface area contributed by atoms with Crippen LogP contribution in [0, 0.1) is 6.92 Å². The first kappa shape index (κ1) is 19.7. The molecule has 0 saturated carbocycles. The number of hydrogen-bond acceptors (Lipinski definition) is 4. The minimum atomic E-state index is 0.474. The van der Waals surface area contributed by atoms with Crippen LogP contribution in [0.4, 0.5) is 0 Å². The fourth-order valence-corrected chi connectivity index (χ4v) is 3.93. The third-order valence-electron chi connectivity index (χ3n) is 6.01. The zero-order valence-electron chi connectivity index (χ0n) is 17.9. The van der Waals surface area contributed by atoms with Crippen LogP contribution in [-0.4, -0.2) is 38.0 Å². The molecule has 6 nitrogen and oxygen atoms in total. The summed E-state index contributed by atoms with van der Waals surface area (Å²) in [5, 5.41) is 12.1. The molecule has 3 aromatic rings. The first-order valence-corrected chi connectivity index (χ1v) is 10.5. The van der Waals surface area contributed by atoms with Crippen molar-refractivity contribution in [3.05, 3.63) is 64.7 Å². The summed E-state index contributed by atoms with van der Waals surface area (Å²) in [5.41, 5.74) is 6.05. The maximum atomic E-state index is 5.93. The average molecular weight is 394 g/mol. The molecule has 29 heavy (non-hydrogen) atoms. The molecule has 4 rings (SSSR count). The van der Waals surface area contributed by atoms with E-state index in [2.05, 4.69) is 59.2 Å². The van der Waals surface area contributed by atoms with Gasteiger partial charge in [-0.05, 0) is 49.6 Å². The van der Waals surface area contributed by atoms with E-state index in [1.165, 1.54) is 16.8 Å². The van der Waals surface area contributed by atoms with Crippen molar-refractivity contribution in [3.8, 4) is 5.75 Å². The Balaban J connectivity index is 1.30. The molecular weight excluding hydrogens is 362 g/mol. The molecule has 1 aliphatic heterocycles. The zero-order chi connectivity index (χ0) is 20.4. The standard InChI is InChI=1S/C23H31N5O/c1-16(2)18-5-7-22(8-6-18)29-15-21-11-23(26-25-21)19-9-10-28(13-19)14-20-12-24-27(4)17(20)3/h5-8,11-12,16,19H,9-10,13-15H2,1-4H3,(H,25,26)/t19-/m0/s1. The number of nitrogens with one attached hydrogen (secondary N) is 1. The van der Waals surface area contributed by atoms with E-state index in [-0.39, 0.29) is 0 Å². The summed E-state index contributed by atoms with van der Waals surface area (Å²) < 4.78 is 7.87. The molecule has 1 aromatic carbocycles. The van der Waals surface area contributed by atoms with Crippen LogP contribution in [0.2, 0.25) is 0 Å². The Morgan fingerprint density at radius 2 is 2.03 bits per heavy atom. The number of likely N-dealkylation sites (tertiary alicyclic amines) is 1. The minimum Gasteiger partial charge on any atom is -0.487 e. The van der Waals surface area contributed by atoms with Crippen LogP contribution in [0.3, 0.4) is 0 Å². The third-order valence-corrected chi connectivity index (χ3v) is 6.01. The van der Waals surface area contributed by atoms with Crippen LogP contribution in [0.1, 0.15) is 60.3 Å². The van der Waals surface area contributed by atoms with Gasteiger partial charge in [-0.15, -0.1) is 0 Å². The van der Waals surface area contributed by atoms with Crippen molar-refractivity contribution in [2.45, 2.75) is 52.2 Å². The number of hydrogen-bond donors (Lipinski definition) is 1. The number of aromatic amines is 1. The first-order valence-electron chi connectivity index (χ1n) is 10.5. The Morgan fingerprint density at radius 3 is 2.72 bits per heavy atom. The van der Waals surface area contributed by atoms with Crippen molar-refractivity contribution in [1.29, 1.82) is 0 Å². The molecule has 1 atom stereocenters. The topological polar surface area (TPSA) is 59.0 Å². The third kappa shape index (κ3) is 4.53. The minimum absolute atomic E-state index is 0.474. The Labute approximate surface area is 172 Å². The molecule has 1 aliphatic rings. The second kappa shape index (κ2) is 8.41.